The second-order valence-corrected chi connectivity index (χ2v) is 7.43. The van der Waals surface area contributed by atoms with Crippen LogP contribution in [0.5, 0.6) is 0 Å². The molecule has 0 saturated carbocycles. The van der Waals surface area contributed by atoms with Crippen LogP contribution >= 0.6 is 0 Å². The number of anilines is 1. The minimum Gasteiger partial charge on any atom is -0.326 e. The van der Waals surface area contributed by atoms with Crippen molar-refractivity contribution in [1.29, 1.82) is 0 Å². The van der Waals surface area contributed by atoms with Crippen LogP contribution in [-0.4, -0.2) is 40.1 Å². The highest BCUT2D eigenvalue weighted by atomic mass is 32.2. The largest absolute Gasteiger partial charge is 0.402 e. The molecule has 0 aliphatic carbocycles. The quantitative estimate of drug-likeness (QED) is 0.710. The summed E-state index contributed by atoms with van der Waals surface area (Å²) in [6.07, 6.45) is -4.63. The van der Waals surface area contributed by atoms with Crippen molar-refractivity contribution in [1.82, 2.24) is 10.0 Å². The molecule has 1 unspecified atom stereocenters. The fourth-order valence-electron chi connectivity index (χ4n) is 2.11. The van der Waals surface area contributed by atoms with Crippen molar-refractivity contribution >= 4 is 21.6 Å². The Morgan fingerprint density at radius 3 is 2.33 bits per heavy atom. The smallest absolute Gasteiger partial charge is 0.326 e. The van der Waals surface area contributed by atoms with Gasteiger partial charge >= 0.3 is 6.18 Å². The summed E-state index contributed by atoms with van der Waals surface area (Å²) in [7, 11) is -4.25. The number of rotatable bonds is 6. The molecule has 1 aromatic rings. The molecule has 0 radical (unpaired) electrons. The highest BCUT2D eigenvalue weighted by Gasteiger charge is 2.30. The molecule has 1 atom stereocenters. The van der Waals surface area contributed by atoms with E-state index in [4.69, 9.17) is 0 Å². The predicted molar refractivity (Wildman–Crippen MR) is 81.8 cm³/mol. The van der Waals surface area contributed by atoms with Crippen LogP contribution in [0.4, 0.5) is 18.9 Å². The van der Waals surface area contributed by atoms with Crippen LogP contribution in [0.25, 0.3) is 0 Å². The second kappa shape index (κ2) is 7.08. The van der Waals surface area contributed by atoms with Gasteiger partial charge in [0.25, 0.3) is 0 Å². The molecule has 1 aromatic carbocycles. The van der Waals surface area contributed by atoms with Crippen LogP contribution in [0.15, 0.2) is 29.2 Å². The first-order valence-electron chi connectivity index (χ1n) is 7.26. The number of carbonyl (C=O) groups excluding carboxylic acids is 1. The van der Waals surface area contributed by atoms with E-state index < -0.39 is 22.7 Å². The molecule has 6 nitrogen and oxygen atoms in total. The summed E-state index contributed by atoms with van der Waals surface area (Å²) in [5.41, 5.74) is 0.383. The van der Waals surface area contributed by atoms with E-state index in [1.807, 2.05) is 0 Å². The van der Waals surface area contributed by atoms with E-state index >= 15 is 0 Å². The van der Waals surface area contributed by atoms with Gasteiger partial charge in [-0.15, -0.1) is 0 Å². The summed E-state index contributed by atoms with van der Waals surface area (Å²) < 4.78 is 61.3. The molecule has 24 heavy (non-hydrogen) atoms. The molecule has 134 valence electrons. The summed E-state index contributed by atoms with van der Waals surface area (Å²) in [6.45, 7) is 1.72. The lowest BCUT2D eigenvalue weighted by Crippen LogP contribution is -2.48. The van der Waals surface area contributed by atoms with E-state index in [2.05, 4.69) is 10.6 Å². The van der Waals surface area contributed by atoms with Crippen LogP contribution in [0.1, 0.15) is 6.92 Å². The molecule has 0 bridgehead atoms. The van der Waals surface area contributed by atoms with Crippen LogP contribution in [0.2, 0.25) is 0 Å². The molecule has 1 aliphatic heterocycles. The molecule has 1 fully saturated rings. The van der Waals surface area contributed by atoms with Gasteiger partial charge in [-0.1, -0.05) is 6.92 Å². The molecule has 10 heteroatoms. The molecule has 1 aliphatic rings. The van der Waals surface area contributed by atoms with Gasteiger partial charge in [0.2, 0.25) is 15.9 Å². The van der Waals surface area contributed by atoms with Crippen molar-refractivity contribution in [3.05, 3.63) is 24.3 Å². The SMILES string of the molecule is CC(C(=O)Nc1ccc(S(=O)(=O)NCC(F)(F)F)cc1)C1CNC1. The first-order valence-corrected chi connectivity index (χ1v) is 8.75. The molecule has 1 amide bonds. The Labute approximate surface area is 137 Å². The Balaban J connectivity index is 1.98. The molecule has 1 saturated heterocycles. The van der Waals surface area contributed by atoms with Crippen molar-refractivity contribution in [3.63, 3.8) is 0 Å². The zero-order valence-corrected chi connectivity index (χ0v) is 13.7. The Morgan fingerprint density at radius 1 is 1.29 bits per heavy atom. The van der Waals surface area contributed by atoms with Gasteiger partial charge in [0, 0.05) is 11.6 Å². The highest BCUT2D eigenvalue weighted by molar-refractivity contribution is 7.89. The van der Waals surface area contributed by atoms with E-state index in [0.29, 0.717) is 5.69 Å². The van der Waals surface area contributed by atoms with Crippen molar-refractivity contribution in [2.45, 2.75) is 18.0 Å². The zero-order chi connectivity index (χ0) is 18.0. The number of benzene rings is 1. The minimum atomic E-state index is -4.63. The lowest BCUT2D eigenvalue weighted by molar-refractivity contribution is -0.122. The maximum Gasteiger partial charge on any atom is 0.402 e. The van der Waals surface area contributed by atoms with E-state index in [0.717, 1.165) is 25.2 Å². The number of carbonyl (C=O) groups is 1. The van der Waals surface area contributed by atoms with E-state index in [-0.39, 0.29) is 22.6 Å². The van der Waals surface area contributed by atoms with Crippen molar-refractivity contribution < 1.29 is 26.4 Å². The van der Waals surface area contributed by atoms with Crippen LogP contribution < -0.4 is 15.4 Å². The van der Waals surface area contributed by atoms with Gasteiger partial charge in [0.1, 0.15) is 6.54 Å². The summed E-state index contributed by atoms with van der Waals surface area (Å²) in [6, 6.07) is 4.96. The number of hydrogen-bond acceptors (Lipinski definition) is 4. The Morgan fingerprint density at radius 2 is 1.88 bits per heavy atom. The van der Waals surface area contributed by atoms with E-state index in [1.165, 1.54) is 16.9 Å². The van der Waals surface area contributed by atoms with E-state index in [9.17, 15) is 26.4 Å². The van der Waals surface area contributed by atoms with Crippen LogP contribution in [0, 0.1) is 11.8 Å². The number of amides is 1. The van der Waals surface area contributed by atoms with Gasteiger partial charge in [-0.25, -0.2) is 13.1 Å². The van der Waals surface area contributed by atoms with Gasteiger partial charge in [-0.2, -0.15) is 13.2 Å². The highest BCUT2D eigenvalue weighted by Crippen LogP contribution is 2.20. The molecule has 0 aromatic heterocycles. The fraction of sp³-hybridized carbons (Fsp3) is 0.500. The fourth-order valence-corrected chi connectivity index (χ4v) is 3.13. The summed E-state index contributed by atoms with van der Waals surface area (Å²) in [5.74, 6) is -0.119. The van der Waals surface area contributed by atoms with Crippen LogP contribution in [-0.2, 0) is 14.8 Å². The molecule has 3 N–H and O–H groups in total. The first-order chi connectivity index (χ1) is 11.1. The average Bonchev–Trinajstić information content (AvgIpc) is 2.43. The van der Waals surface area contributed by atoms with E-state index in [1.54, 1.807) is 6.92 Å². The van der Waals surface area contributed by atoms with Crippen molar-refractivity contribution in [3.8, 4) is 0 Å². The van der Waals surface area contributed by atoms with Crippen molar-refractivity contribution in [2.24, 2.45) is 11.8 Å². The molecular formula is C14H18F3N3O3S. The number of halogens is 3. The molecular weight excluding hydrogens is 347 g/mol. The average molecular weight is 365 g/mol. The Bertz CT molecular complexity index is 685. The maximum atomic E-state index is 12.1. The lowest BCUT2D eigenvalue weighted by Gasteiger charge is -2.31. The second-order valence-electron chi connectivity index (χ2n) is 5.66. The monoisotopic (exact) mass is 365 g/mol. The zero-order valence-electron chi connectivity index (χ0n) is 12.9. The standard InChI is InChI=1S/C14H18F3N3O3S/c1-9(10-6-18-7-10)13(21)20-11-2-4-12(5-3-11)24(22,23)19-8-14(15,16)17/h2-5,9-10,18-19H,6-8H2,1H3,(H,20,21). The third kappa shape index (κ3) is 4.92. The third-order valence-electron chi connectivity index (χ3n) is 3.83. The summed E-state index contributed by atoms with van der Waals surface area (Å²) in [5, 5.41) is 5.74. The predicted octanol–water partition coefficient (Wildman–Crippen LogP) is 1.32. The minimum absolute atomic E-state index is 0.188. The lowest BCUT2D eigenvalue weighted by atomic mass is 9.88. The number of hydrogen-bond donors (Lipinski definition) is 3. The summed E-state index contributed by atoms with van der Waals surface area (Å²) >= 11 is 0. The van der Waals surface area contributed by atoms with Gasteiger partial charge in [0.15, 0.2) is 0 Å². The number of alkyl halides is 3. The Kier molecular flexibility index (Phi) is 5.51. The molecule has 0 spiro atoms. The first kappa shape index (κ1) is 18.7. The molecule has 1 heterocycles. The summed E-state index contributed by atoms with van der Waals surface area (Å²) in [4.78, 5) is 11.7. The topological polar surface area (TPSA) is 87.3 Å². The number of nitrogens with one attached hydrogen (secondary N) is 3. The number of sulfonamides is 1. The van der Waals surface area contributed by atoms with Crippen LogP contribution in [0.3, 0.4) is 0 Å². The Hall–Kier alpha value is -1.65. The maximum absolute atomic E-state index is 12.1. The van der Waals surface area contributed by atoms with Gasteiger partial charge < -0.3 is 10.6 Å². The van der Waals surface area contributed by atoms with Gasteiger partial charge in [-0.3, -0.25) is 4.79 Å². The normalized spacial score (nSPS) is 17.2. The van der Waals surface area contributed by atoms with Crippen molar-refractivity contribution in [2.75, 3.05) is 25.0 Å². The van der Waals surface area contributed by atoms with Gasteiger partial charge in [0.05, 0.1) is 4.90 Å². The van der Waals surface area contributed by atoms with Gasteiger partial charge in [-0.05, 0) is 43.3 Å². The molecule has 2 rings (SSSR count). The third-order valence-corrected chi connectivity index (χ3v) is 5.25.